The summed E-state index contributed by atoms with van der Waals surface area (Å²) >= 11 is 0. The highest BCUT2D eigenvalue weighted by atomic mass is 19.1. The first-order valence-corrected chi connectivity index (χ1v) is 10.5. The first-order valence-electron chi connectivity index (χ1n) is 10.5. The van der Waals surface area contributed by atoms with Gasteiger partial charge < -0.3 is 16.0 Å². The second-order valence-corrected chi connectivity index (χ2v) is 7.82. The summed E-state index contributed by atoms with van der Waals surface area (Å²) in [4.78, 5) is 39.8. The average molecular weight is 446 g/mol. The molecule has 0 saturated carbocycles. The summed E-state index contributed by atoms with van der Waals surface area (Å²) in [5, 5.41) is 8.49. The second-order valence-electron chi connectivity index (χ2n) is 7.82. The number of para-hydroxylation sites is 2. The van der Waals surface area contributed by atoms with Crippen LogP contribution in [0.4, 0.5) is 27.1 Å². The minimum atomic E-state index is -0.840. The molecule has 8 heteroatoms. The molecule has 3 amide bonds. The van der Waals surface area contributed by atoms with Crippen LogP contribution in [-0.4, -0.2) is 30.3 Å². The Bertz CT molecular complexity index is 1200. The van der Waals surface area contributed by atoms with Crippen LogP contribution in [0.3, 0.4) is 0 Å². The number of aryl methyl sites for hydroxylation is 1. The van der Waals surface area contributed by atoms with Gasteiger partial charge in [-0.3, -0.25) is 19.3 Å². The van der Waals surface area contributed by atoms with Crippen LogP contribution >= 0.6 is 0 Å². The van der Waals surface area contributed by atoms with Gasteiger partial charge in [0.2, 0.25) is 11.8 Å². The Morgan fingerprint density at radius 2 is 1.67 bits per heavy atom. The molecule has 0 aromatic heterocycles. The van der Waals surface area contributed by atoms with Gasteiger partial charge in [-0.25, -0.2) is 4.39 Å². The molecule has 3 N–H and O–H groups in total. The van der Waals surface area contributed by atoms with Gasteiger partial charge in [0.15, 0.2) is 0 Å². The molecular formula is C25H23FN4O3. The lowest BCUT2D eigenvalue weighted by Gasteiger charge is -2.34. The molecule has 0 spiro atoms. The molecule has 0 unspecified atom stereocenters. The molecule has 168 valence electrons. The molecule has 3 aromatic carbocycles. The van der Waals surface area contributed by atoms with E-state index >= 15 is 0 Å². The van der Waals surface area contributed by atoms with E-state index in [4.69, 9.17) is 0 Å². The van der Waals surface area contributed by atoms with Crippen molar-refractivity contribution in [2.24, 2.45) is 0 Å². The van der Waals surface area contributed by atoms with Crippen LogP contribution in [0.2, 0.25) is 0 Å². The minimum Gasteiger partial charge on any atom is -0.372 e. The molecule has 0 saturated heterocycles. The highest BCUT2D eigenvalue weighted by Crippen LogP contribution is 2.32. The number of hydrogen-bond acceptors (Lipinski definition) is 4. The number of anilines is 4. The zero-order valence-corrected chi connectivity index (χ0v) is 18.0. The van der Waals surface area contributed by atoms with E-state index in [9.17, 15) is 18.8 Å². The van der Waals surface area contributed by atoms with Crippen molar-refractivity contribution in [3.8, 4) is 0 Å². The largest absolute Gasteiger partial charge is 0.372 e. The smallest absolute Gasteiger partial charge is 0.250 e. The molecule has 1 aliphatic heterocycles. The van der Waals surface area contributed by atoms with E-state index in [1.807, 2.05) is 19.1 Å². The molecule has 0 fully saturated rings. The molecule has 0 bridgehead atoms. The van der Waals surface area contributed by atoms with Crippen molar-refractivity contribution in [3.63, 3.8) is 0 Å². The third-order valence-electron chi connectivity index (χ3n) is 5.22. The standard InChI is InChI=1S/C25H23FN4O3/c1-16-9-11-18(12-10-16)27-23(31)14-21-25(33)30(22-8-3-2-7-20(22)29-21)15-24(32)28-19-6-4-5-17(26)13-19/h2-13,21,29H,14-15H2,1H3,(H,27,31)(H,28,32)/t21-/m1/s1. The maximum Gasteiger partial charge on any atom is 0.250 e. The first-order chi connectivity index (χ1) is 15.9. The Labute approximate surface area is 190 Å². The van der Waals surface area contributed by atoms with Crippen LogP contribution in [0.5, 0.6) is 0 Å². The molecule has 1 heterocycles. The second kappa shape index (κ2) is 9.52. The molecule has 7 nitrogen and oxygen atoms in total. The number of carbonyl (C=O) groups is 3. The van der Waals surface area contributed by atoms with Gasteiger partial charge in [-0.05, 0) is 49.4 Å². The monoisotopic (exact) mass is 446 g/mol. The van der Waals surface area contributed by atoms with E-state index in [2.05, 4.69) is 16.0 Å². The summed E-state index contributed by atoms with van der Waals surface area (Å²) in [5.74, 6) is -1.68. The average Bonchev–Trinajstić information content (AvgIpc) is 2.78. The van der Waals surface area contributed by atoms with Crippen molar-refractivity contribution in [2.45, 2.75) is 19.4 Å². The third-order valence-corrected chi connectivity index (χ3v) is 5.22. The number of halogens is 1. The summed E-state index contributed by atoms with van der Waals surface area (Å²) in [6.45, 7) is 1.68. The normalized spacial score (nSPS) is 14.8. The number of hydrogen-bond donors (Lipinski definition) is 3. The van der Waals surface area contributed by atoms with Crippen LogP contribution in [0.1, 0.15) is 12.0 Å². The van der Waals surface area contributed by atoms with Gasteiger partial charge >= 0.3 is 0 Å². The maximum atomic E-state index is 13.4. The highest BCUT2D eigenvalue weighted by Gasteiger charge is 2.34. The lowest BCUT2D eigenvalue weighted by Crippen LogP contribution is -2.50. The minimum absolute atomic E-state index is 0.108. The Morgan fingerprint density at radius 3 is 2.42 bits per heavy atom. The van der Waals surface area contributed by atoms with Crippen molar-refractivity contribution < 1.29 is 18.8 Å². The van der Waals surface area contributed by atoms with Gasteiger partial charge in [0.25, 0.3) is 5.91 Å². The topological polar surface area (TPSA) is 90.5 Å². The number of fused-ring (bicyclic) bond motifs is 1. The molecule has 4 rings (SSSR count). The predicted molar refractivity (Wildman–Crippen MR) is 126 cm³/mol. The summed E-state index contributed by atoms with van der Waals surface area (Å²) in [7, 11) is 0. The van der Waals surface area contributed by atoms with Crippen molar-refractivity contribution in [3.05, 3.63) is 84.2 Å². The van der Waals surface area contributed by atoms with Crippen LogP contribution in [0.15, 0.2) is 72.8 Å². The van der Waals surface area contributed by atoms with E-state index in [1.54, 1.807) is 42.5 Å². The lowest BCUT2D eigenvalue weighted by atomic mass is 10.1. The number of carbonyl (C=O) groups excluding carboxylic acids is 3. The van der Waals surface area contributed by atoms with Crippen molar-refractivity contribution in [1.82, 2.24) is 0 Å². The summed E-state index contributed by atoms with van der Waals surface area (Å²) < 4.78 is 13.4. The van der Waals surface area contributed by atoms with E-state index in [0.717, 1.165) is 5.56 Å². The quantitative estimate of drug-likeness (QED) is 0.535. The predicted octanol–water partition coefficient (Wildman–Crippen LogP) is 3.93. The lowest BCUT2D eigenvalue weighted by molar-refractivity contribution is -0.124. The summed E-state index contributed by atoms with van der Waals surface area (Å²) in [5.41, 5.74) is 3.18. The van der Waals surface area contributed by atoms with Crippen LogP contribution < -0.4 is 20.9 Å². The van der Waals surface area contributed by atoms with Crippen molar-refractivity contribution in [1.29, 1.82) is 0 Å². The molecule has 0 radical (unpaired) electrons. The number of nitrogens with one attached hydrogen (secondary N) is 3. The zero-order chi connectivity index (χ0) is 23.4. The summed E-state index contributed by atoms with van der Waals surface area (Å²) in [6, 6.07) is 19.1. The van der Waals surface area contributed by atoms with Crippen molar-refractivity contribution in [2.75, 3.05) is 27.4 Å². The van der Waals surface area contributed by atoms with Crippen molar-refractivity contribution >= 4 is 40.5 Å². The molecule has 1 atom stereocenters. The third kappa shape index (κ3) is 5.35. The van der Waals surface area contributed by atoms with Gasteiger partial charge in [-0.1, -0.05) is 35.9 Å². The Kier molecular flexibility index (Phi) is 6.35. The van der Waals surface area contributed by atoms with Crippen LogP contribution in [-0.2, 0) is 14.4 Å². The summed E-state index contributed by atoms with van der Waals surface area (Å²) in [6.07, 6.45) is -0.108. The number of nitrogens with zero attached hydrogens (tertiary/aromatic N) is 1. The van der Waals surface area contributed by atoms with Crippen LogP contribution in [0, 0.1) is 12.7 Å². The maximum absolute atomic E-state index is 13.4. The van der Waals surface area contributed by atoms with E-state index in [-0.39, 0.29) is 18.9 Å². The SMILES string of the molecule is Cc1ccc(NC(=O)C[C@H]2Nc3ccccc3N(CC(=O)Nc3cccc(F)c3)C2=O)cc1. The number of benzene rings is 3. The molecule has 33 heavy (non-hydrogen) atoms. The fraction of sp³-hybridized carbons (Fsp3) is 0.160. The Morgan fingerprint density at radius 1 is 0.939 bits per heavy atom. The Balaban J connectivity index is 1.48. The zero-order valence-electron chi connectivity index (χ0n) is 18.0. The molecular weight excluding hydrogens is 423 g/mol. The van der Waals surface area contributed by atoms with Crippen LogP contribution in [0.25, 0.3) is 0 Å². The van der Waals surface area contributed by atoms with Gasteiger partial charge in [0.1, 0.15) is 18.4 Å². The fourth-order valence-corrected chi connectivity index (χ4v) is 3.63. The van der Waals surface area contributed by atoms with Gasteiger partial charge in [-0.2, -0.15) is 0 Å². The van der Waals surface area contributed by atoms with Gasteiger partial charge in [-0.15, -0.1) is 0 Å². The molecule has 1 aliphatic rings. The first kappa shape index (κ1) is 22.0. The number of rotatable bonds is 6. The van der Waals surface area contributed by atoms with E-state index in [1.165, 1.54) is 23.1 Å². The molecule has 0 aliphatic carbocycles. The van der Waals surface area contributed by atoms with Gasteiger partial charge in [0, 0.05) is 11.4 Å². The number of amides is 3. The Hall–Kier alpha value is -4.20. The van der Waals surface area contributed by atoms with Gasteiger partial charge in [0.05, 0.1) is 17.8 Å². The van der Waals surface area contributed by atoms with E-state index in [0.29, 0.717) is 22.7 Å². The van der Waals surface area contributed by atoms with E-state index < -0.39 is 23.7 Å². The molecule has 3 aromatic rings. The fourth-order valence-electron chi connectivity index (χ4n) is 3.63. The highest BCUT2D eigenvalue weighted by molar-refractivity contribution is 6.11.